The molecule has 0 spiro atoms. The van der Waals surface area contributed by atoms with Crippen LogP contribution in [0, 0.1) is 6.92 Å². The standard InChI is InChI=1S/C24H26N2O4/c1-16(2)30-20-10-8-19(9-11-20)26-23(27)21(18-6-4-17(3)5-7-18)22(24(26)28)25-12-14-29-15-13-25/h4-11,16H,12-15H2,1-3H3. The third-order valence-electron chi connectivity index (χ3n) is 5.19. The van der Waals surface area contributed by atoms with Gasteiger partial charge in [-0.1, -0.05) is 29.8 Å². The van der Waals surface area contributed by atoms with Gasteiger partial charge in [0.2, 0.25) is 0 Å². The van der Waals surface area contributed by atoms with Gasteiger partial charge in [0, 0.05) is 13.1 Å². The molecule has 0 unspecified atom stereocenters. The number of hydrogen-bond donors (Lipinski definition) is 0. The van der Waals surface area contributed by atoms with Crippen LogP contribution >= 0.6 is 0 Å². The second-order valence-electron chi connectivity index (χ2n) is 7.80. The molecule has 2 aliphatic heterocycles. The summed E-state index contributed by atoms with van der Waals surface area (Å²) in [6, 6.07) is 14.8. The summed E-state index contributed by atoms with van der Waals surface area (Å²) in [7, 11) is 0. The van der Waals surface area contributed by atoms with Crippen LogP contribution in [-0.2, 0) is 14.3 Å². The van der Waals surface area contributed by atoms with Crippen molar-refractivity contribution in [2.24, 2.45) is 0 Å². The Labute approximate surface area is 176 Å². The molecule has 0 N–H and O–H groups in total. The first-order valence-corrected chi connectivity index (χ1v) is 10.2. The van der Waals surface area contributed by atoms with Crippen molar-refractivity contribution in [1.82, 2.24) is 4.90 Å². The first kappa shape index (κ1) is 20.2. The number of carbonyl (C=O) groups is 2. The first-order chi connectivity index (χ1) is 14.5. The van der Waals surface area contributed by atoms with Crippen LogP contribution in [0.15, 0.2) is 54.2 Å². The number of ether oxygens (including phenoxy) is 2. The number of amides is 2. The summed E-state index contributed by atoms with van der Waals surface area (Å²) in [5.41, 5.74) is 3.29. The van der Waals surface area contributed by atoms with Crippen LogP contribution < -0.4 is 9.64 Å². The zero-order valence-electron chi connectivity index (χ0n) is 17.6. The molecule has 4 rings (SSSR count). The zero-order chi connectivity index (χ0) is 21.3. The quantitative estimate of drug-likeness (QED) is 0.713. The Morgan fingerprint density at radius 3 is 2.13 bits per heavy atom. The molecule has 2 aliphatic rings. The van der Waals surface area contributed by atoms with Crippen LogP contribution in [0.2, 0.25) is 0 Å². The van der Waals surface area contributed by atoms with Gasteiger partial charge in [-0.25, -0.2) is 4.90 Å². The average Bonchev–Trinajstić information content (AvgIpc) is 3.00. The van der Waals surface area contributed by atoms with Crippen LogP contribution in [0.5, 0.6) is 5.75 Å². The lowest BCUT2D eigenvalue weighted by Gasteiger charge is -2.29. The van der Waals surface area contributed by atoms with Crippen molar-refractivity contribution in [3.8, 4) is 5.75 Å². The van der Waals surface area contributed by atoms with E-state index in [2.05, 4.69) is 0 Å². The van der Waals surface area contributed by atoms with Gasteiger partial charge < -0.3 is 14.4 Å². The SMILES string of the molecule is Cc1ccc(C2=C(N3CCOCC3)C(=O)N(c3ccc(OC(C)C)cc3)C2=O)cc1. The number of carbonyl (C=O) groups excluding carboxylic acids is 2. The van der Waals surface area contributed by atoms with Crippen molar-refractivity contribution in [2.75, 3.05) is 31.2 Å². The minimum absolute atomic E-state index is 0.0497. The molecule has 0 atom stereocenters. The number of hydrogen-bond acceptors (Lipinski definition) is 5. The van der Waals surface area contributed by atoms with Crippen LogP contribution in [0.1, 0.15) is 25.0 Å². The lowest BCUT2D eigenvalue weighted by Crippen LogP contribution is -2.40. The predicted octanol–water partition coefficient (Wildman–Crippen LogP) is 3.40. The van der Waals surface area contributed by atoms with Crippen molar-refractivity contribution >= 4 is 23.1 Å². The lowest BCUT2D eigenvalue weighted by molar-refractivity contribution is -0.121. The number of aryl methyl sites for hydroxylation is 1. The molecule has 2 heterocycles. The molecular weight excluding hydrogens is 380 g/mol. The Balaban J connectivity index is 1.73. The number of imide groups is 1. The summed E-state index contributed by atoms with van der Waals surface area (Å²) in [4.78, 5) is 30.2. The maximum absolute atomic E-state index is 13.5. The Hall–Kier alpha value is -3.12. The summed E-state index contributed by atoms with van der Waals surface area (Å²) in [6.45, 7) is 8.13. The van der Waals surface area contributed by atoms with Gasteiger partial charge in [0.25, 0.3) is 11.8 Å². The van der Waals surface area contributed by atoms with E-state index in [1.165, 1.54) is 4.90 Å². The summed E-state index contributed by atoms with van der Waals surface area (Å²) in [6.07, 6.45) is 0.0497. The predicted molar refractivity (Wildman–Crippen MR) is 115 cm³/mol. The van der Waals surface area contributed by atoms with Crippen LogP contribution in [-0.4, -0.2) is 49.1 Å². The van der Waals surface area contributed by atoms with Crippen LogP contribution in [0.25, 0.3) is 5.57 Å². The molecule has 2 aromatic carbocycles. The number of anilines is 1. The molecular formula is C24H26N2O4. The highest BCUT2D eigenvalue weighted by Gasteiger charge is 2.42. The Morgan fingerprint density at radius 1 is 0.900 bits per heavy atom. The van der Waals surface area contributed by atoms with Crippen molar-refractivity contribution in [2.45, 2.75) is 26.9 Å². The van der Waals surface area contributed by atoms with Crippen molar-refractivity contribution in [3.05, 3.63) is 65.4 Å². The van der Waals surface area contributed by atoms with E-state index >= 15 is 0 Å². The van der Waals surface area contributed by atoms with Crippen LogP contribution in [0.3, 0.4) is 0 Å². The molecule has 0 aliphatic carbocycles. The molecule has 0 aromatic heterocycles. The van der Waals surface area contributed by atoms with E-state index in [-0.39, 0.29) is 17.9 Å². The van der Waals surface area contributed by atoms with E-state index < -0.39 is 0 Å². The van der Waals surface area contributed by atoms with Crippen molar-refractivity contribution in [1.29, 1.82) is 0 Å². The number of rotatable bonds is 5. The summed E-state index contributed by atoms with van der Waals surface area (Å²) < 4.78 is 11.1. The van der Waals surface area contributed by atoms with E-state index in [0.29, 0.717) is 49.0 Å². The molecule has 1 fully saturated rings. The van der Waals surface area contributed by atoms with E-state index in [4.69, 9.17) is 9.47 Å². The van der Waals surface area contributed by atoms with Gasteiger partial charge in [0.05, 0.1) is 30.6 Å². The highest BCUT2D eigenvalue weighted by atomic mass is 16.5. The number of benzene rings is 2. The fraction of sp³-hybridized carbons (Fsp3) is 0.333. The van der Waals surface area contributed by atoms with Gasteiger partial charge in [0.1, 0.15) is 11.4 Å². The molecule has 6 nitrogen and oxygen atoms in total. The number of nitrogens with zero attached hydrogens (tertiary/aromatic N) is 2. The topological polar surface area (TPSA) is 59.1 Å². The molecule has 2 amide bonds. The largest absolute Gasteiger partial charge is 0.491 e. The van der Waals surface area contributed by atoms with Gasteiger partial charge >= 0.3 is 0 Å². The average molecular weight is 406 g/mol. The summed E-state index contributed by atoms with van der Waals surface area (Å²) in [5, 5.41) is 0. The smallest absolute Gasteiger partial charge is 0.282 e. The second-order valence-corrected chi connectivity index (χ2v) is 7.80. The maximum Gasteiger partial charge on any atom is 0.282 e. The highest BCUT2D eigenvalue weighted by Crippen LogP contribution is 2.35. The first-order valence-electron chi connectivity index (χ1n) is 10.2. The third kappa shape index (κ3) is 3.83. The fourth-order valence-corrected chi connectivity index (χ4v) is 3.76. The van der Waals surface area contributed by atoms with E-state index in [1.54, 1.807) is 24.3 Å². The normalized spacial score (nSPS) is 17.3. The number of morpholine rings is 1. The Morgan fingerprint density at radius 2 is 1.53 bits per heavy atom. The van der Waals surface area contributed by atoms with E-state index in [1.807, 2.05) is 49.9 Å². The van der Waals surface area contributed by atoms with E-state index in [0.717, 1.165) is 11.1 Å². The molecule has 0 radical (unpaired) electrons. The minimum Gasteiger partial charge on any atom is -0.491 e. The lowest BCUT2D eigenvalue weighted by atomic mass is 10.0. The zero-order valence-corrected chi connectivity index (χ0v) is 17.6. The summed E-state index contributed by atoms with van der Waals surface area (Å²) in [5.74, 6) is 0.103. The molecule has 0 saturated carbocycles. The third-order valence-corrected chi connectivity index (χ3v) is 5.19. The monoisotopic (exact) mass is 406 g/mol. The van der Waals surface area contributed by atoms with Crippen LogP contribution in [0.4, 0.5) is 5.69 Å². The van der Waals surface area contributed by atoms with E-state index in [9.17, 15) is 9.59 Å². The van der Waals surface area contributed by atoms with Crippen molar-refractivity contribution in [3.63, 3.8) is 0 Å². The van der Waals surface area contributed by atoms with Crippen molar-refractivity contribution < 1.29 is 19.1 Å². The fourth-order valence-electron chi connectivity index (χ4n) is 3.76. The highest BCUT2D eigenvalue weighted by molar-refractivity contribution is 6.45. The molecule has 6 heteroatoms. The van der Waals surface area contributed by atoms with Gasteiger partial charge in [-0.3, -0.25) is 9.59 Å². The van der Waals surface area contributed by atoms with Gasteiger partial charge in [-0.05, 0) is 50.6 Å². The molecule has 1 saturated heterocycles. The Kier molecular flexibility index (Phi) is 5.59. The Bertz CT molecular complexity index is 971. The maximum atomic E-state index is 13.5. The van der Waals surface area contributed by atoms with Gasteiger partial charge in [0.15, 0.2) is 0 Å². The summed E-state index contributed by atoms with van der Waals surface area (Å²) >= 11 is 0. The second kappa shape index (κ2) is 8.32. The molecule has 2 aromatic rings. The molecule has 30 heavy (non-hydrogen) atoms. The van der Waals surface area contributed by atoms with Gasteiger partial charge in [-0.15, -0.1) is 0 Å². The minimum atomic E-state index is -0.303. The van der Waals surface area contributed by atoms with Gasteiger partial charge in [-0.2, -0.15) is 0 Å². The molecule has 0 bridgehead atoms. The molecule has 156 valence electrons.